The molecule has 2 aromatic rings. The number of benzene rings is 1. The van der Waals surface area contributed by atoms with Gasteiger partial charge in [-0.15, -0.1) is 0 Å². The predicted octanol–water partition coefficient (Wildman–Crippen LogP) is 2.30. The van der Waals surface area contributed by atoms with Gasteiger partial charge >= 0.3 is 0 Å². The standard InChI is InChI=1S/C16H16FN5O/c1-11(23)19-16-5-7-22(20-16)14-4-6-21(10-14)15-3-2-13(17)8-12(15)9-18/h2-3,5,7-8,14H,4,6,10H2,1H3,(H,19,20,23)/t14-/m1/s1. The van der Waals surface area contributed by atoms with Crippen molar-refractivity contribution in [1.82, 2.24) is 9.78 Å². The molecular formula is C16H16FN5O. The molecule has 3 rings (SSSR count). The first-order valence-electron chi connectivity index (χ1n) is 7.34. The van der Waals surface area contributed by atoms with E-state index in [0.717, 1.165) is 18.7 Å². The number of rotatable bonds is 3. The zero-order valence-corrected chi connectivity index (χ0v) is 12.7. The van der Waals surface area contributed by atoms with Crippen LogP contribution in [0.3, 0.4) is 0 Å². The van der Waals surface area contributed by atoms with Crippen LogP contribution in [0.25, 0.3) is 0 Å². The van der Waals surface area contributed by atoms with E-state index in [2.05, 4.69) is 15.3 Å². The monoisotopic (exact) mass is 313 g/mol. The number of hydrogen-bond donors (Lipinski definition) is 1. The number of carbonyl (C=O) groups excluding carboxylic acids is 1. The lowest BCUT2D eigenvalue weighted by atomic mass is 10.1. The van der Waals surface area contributed by atoms with E-state index in [1.807, 2.05) is 16.9 Å². The number of carbonyl (C=O) groups is 1. The highest BCUT2D eigenvalue weighted by atomic mass is 19.1. The van der Waals surface area contributed by atoms with E-state index in [9.17, 15) is 14.4 Å². The lowest BCUT2D eigenvalue weighted by Crippen LogP contribution is -2.22. The van der Waals surface area contributed by atoms with Gasteiger partial charge in [-0.1, -0.05) is 0 Å². The van der Waals surface area contributed by atoms with Crippen LogP contribution in [0.1, 0.15) is 24.9 Å². The summed E-state index contributed by atoms with van der Waals surface area (Å²) in [5.41, 5.74) is 1.08. The summed E-state index contributed by atoms with van der Waals surface area (Å²) in [7, 11) is 0. The first kappa shape index (κ1) is 15.0. The minimum Gasteiger partial charge on any atom is -0.368 e. The first-order chi connectivity index (χ1) is 11.1. The smallest absolute Gasteiger partial charge is 0.222 e. The van der Waals surface area contributed by atoms with Crippen molar-refractivity contribution in [3.05, 3.63) is 41.8 Å². The number of nitriles is 1. The number of halogens is 1. The maximum Gasteiger partial charge on any atom is 0.222 e. The van der Waals surface area contributed by atoms with Crippen LogP contribution in [0.5, 0.6) is 0 Å². The molecule has 0 aliphatic carbocycles. The average molecular weight is 313 g/mol. The second kappa shape index (κ2) is 6.08. The molecule has 23 heavy (non-hydrogen) atoms. The van der Waals surface area contributed by atoms with Gasteiger partial charge in [0.1, 0.15) is 11.9 Å². The normalized spacial score (nSPS) is 17.1. The molecule has 1 N–H and O–H groups in total. The minimum absolute atomic E-state index is 0.147. The summed E-state index contributed by atoms with van der Waals surface area (Å²) in [6.07, 6.45) is 2.69. The zero-order chi connectivity index (χ0) is 16.4. The highest BCUT2D eigenvalue weighted by molar-refractivity contribution is 5.87. The molecule has 1 fully saturated rings. The molecule has 0 spiro atoms. The van der Waals surface area contributed by atoms with E-state index in [1.165, 1.54) is 19.1 Å². The quantitative estimate of drug-likeness (QED) is 0.943. The lowest BCUT2D eigenvalue weighted by Gasteiger charge is -2.20. The molecule has 6 nitrogen and oxygen atoms in total. The molecular weight excluding hydrogens is 297 g/mol. The Labute approximate surface area is 133 Å². The van der Waals surface area contributed by atoms with Crippen LogP contribution in [0.15, 0.2) is 30.5 Å². The third-order valence-corrected chi connectivity index (χ3v) is 3.87. The van der Waals surface area contributed by atoms with E-state index < -0.39 is 5.82 Å². The lowest BCUT2D eigenvalue weighted by molar-refractivity contribution is -0.114. The molecule has 1 aromatic heterocycles. The number of hydrogen-bond acceptors (Lipinski definition) is 4. The van der Waals surface area contributed by atoms with E-state index >= 15 is 0 Å². The average Bonchev–Trinajstić information content (AvgIpc) is 3.15. The number of nitrogens with zero attached hydrogens (tertiary/aromatic N) is 4. The minimum atomic E-state index is -0.409. The number of anilines is 2. The highest BCUT2D eigenvalue weighted by Crippen LogP contribution is 2.29. The van der Waals surface area contributed by atoms with Gasteiger partial charge in [0.25, 0.3) is 0 Å². The topological polar surface area (TPSA) is 74.0 Å². The fraction of sp³-hybridized carbons (Fsp3) is 0.312. The molecule has 1 saturated heterocycles. The Hall–Kier alpha value is -2.88. The summed E-state index contributed by atoms with van der Waals surface area (Å²) in [5.74, 6) is -0.0446. The van der Waals surface area contributed by atoms with Crippen LogP contribution in [0, 0.1) is 17.1 Å². The van der Waals surface area contributed by atoms with Gasteiger partial charge in [-0.05, 0) is 24.6 Å². The van der Waals surface area contributed by atoms with Crippen molar-refractivity contribution in [2.24, 2.45) is 0 Å². The Morgan fingerprint density at radius 3 is 3.04 bits per heavy atom. The number of amides is 1. The van der Waals surface area contributed by atoms with Gasteiger partial charge in [0.15, 0.2) is 5.82 Å². The van der Waals surface area contributed by atoms with Crippen LogP contribution in [0.2, 0.25) is 0 Å². The number of nitrogens with one attached hydrogen (secondary N) is 1. The summed E-state index contributed by atoms with van der Waals surface area (Å²) < 4.78 is 15.1. The second-order valence-corrected chi connectivity index (χ2v) is 5.52. The molecule has 0 saturated carbocycles. The van der Waals surface area contributed by atoms with Crippen LogP contribution in [-0.2, 0) is 4.79 Å². The predicted molar refractivity (Wildman–Crippen MR) is 83.5 cm³/mol. The Kier molecular flexibility index (Phi) is 3.98. The van der Waals surface area contributed by atoms with E-state index in [4.69, 9.17) is 0 Å². The zero-order valence-electron chi connectivity index (χ0n) is 12.7. The molecule has 0 bridgehead atoms. The van der Waals surface area contributed by atoms with Gasteiger partial charge in [0, 0.05) is 32.3 Å². The van der Waals surface area contributed by atoms with Crippen LogP contribution < -0.4 is 10.2 Å². The third kappa shape index (κ3) is 3.16. The molecule has 0 radical (unpaired) electrons. The van der Waals surface area contributed by atoms with E-state index in [0.29, 0.717) is 17.9 Å². The fourth-order valence-electron chi connectivity index (χ4n) is 2.84. The number of aromatic nitrogens is 2. The maximum atomic E-state index is 13.3. The first-order valence-corrected chi connectivity index (χ1v) is 7.34. The Morgan fingerprint density at radius 2 is 2.30 bits per heavy atom. The summed E-state index contributed by atoms with van der Waals surface area (Å²) in [5, 5.41) is 16.2. The molecule has 1 atom stereocenters. The second-order valence-electron chi connectivity index (χ2n) is 5.52. The molecule has 2 heterocycles. The largest absolute Gasteiger partial charge is 0.368 e. The van der Waals surface area contributed by atoms with E-state index in [-0.39, 0.29) is 11.9 Å². The molecule has 1 amide bonds. The van der Waals surface area contributed by atoms with Crippen LogP contribution >= 0.6 is 0 Å². The molecule has 1 aliphatic heterocycles. The van der Waals surface area contributed by atoms with Crippen LogP contribution in [0.4, 0.5) is 15.9 Å². The van der Waals surface area contributed by atoms with Gasteiger partial charge < -0.3 is 10.2 Å². The molecule has 1 aliphatic rings. The molecule has 0 unspecified atom stereocenters. The van der Waals surface area contributed by atoms with Crippen molar-refractivity contribution in [3.8, 4) is 6.07 Å². The summed E-state index contributed by atoms with van der Waals surface area (Å²) in [6.45, 7) is 2.89. The Balaban J connectivity index is 1.75. The van der Waals surface area contributed by atoms with Crippen molar-refractivity contribution in [1.29, 1.82) is 5.26 Å². The Morgan fingerprint density at radius 1 is 1.48 bits per heavy atom. The van der Waals surface area contributed by atoms with Gasteiger partial charge in [0.05, 0.1) is 17.3 Å². The van der Waals surface area contributed by atoms with E-state index in [1.54, 1.807) is 12.1 Å². The molecule has 7 heteroatoms. The summed E-state index contributed by atoms with van der Waals surface area (Å²) >= 11 is 0. The third-order valence-electron chi connectivity index (χ3n) is 3.87. The van der Waals surface area contributed by atoms with Crippen molar-refractivity contribution >= 4 is 17.4 Å². The van der Waals surface area contributed by atoms with Crippen molar-refractivity contribution in [2.75, 3.05) is 23.3 Å². The van der Waals surface area contributed by atoms with Gasteiger partial charge in [0.2, 0.25) is 5.91 Å². The highest BCUT2D eigenvalue weighted by Gasteiger charge is 2.26. The maximum absolute atomic E-state index is 13.3. The van der Waals surface area contributed by atoms with Crippen molar-refractivity contribution in [3.63, 3.8) is 0 Å². The summed E-state index contributed by atoms with van der Waals surface area (Å²) in [4.78, 5) is 13.1. The van der Waals surface area contributed by atoms with Crippen LogP contribution in [-0.4, -0.2) is 28.8 Å². The Bertz CT molecular complexity index is 779. The molecule has 1 aromatic carbocycles. The van der Waals surface area contributed by atoms with Crippen molar-refractivity contribution < 1.29 is 9.18 Å². The van der Waals surface area contributed by atoms with Gasteiger partial charge in [-0.25, -0.2) is 4.39 Å². The summed E-state index contributed by atoms with van der Waals surface area (Å²) in [6, 6.07) is 8.21. The van der Waals surface area contributed by atoms with Gasteiger partial charge in [-0.2, -0.15) is 10.4 Å². The van der Waals surface area contributed by atoms with Crippen molar-refractivity contribution in [2.45, 2.75) is 19.4 Å². The van der Waals surface area contributed by atoms with Gasteiger partial charge in [-0.3, -0.25) is 9.48 Å². The molecule has 118 valence electrons. The SMILES string of the molecule is CC(=O)Nc1ccn([C@@H]2CCN(c3ccc(F)cc3C#N)C2)n1. The fourth-order valence-corrected chi connectivity index (χ4v) is 2.84.